The Hall–Kier alpha value is -3.16. The average Bonchev–Trinajstić information content (AvgIpc) is 3.07. The molecule has 1 aliphatic heterocycles. The third kappa shape index (κ3) is 3.10. The van der Waals surface area contributed by atoms with Crippen LogP contribution in [0.25, 0.3) is 0 Å². The van der Waals surface area contributed by atoms with Crippen molar-refractivity contribution in [2.75, 3.05) is 18.5 Å². The molecule has 1 N–H and O–H groups in total. The number of carbonyl (C=O) groups is 1. The Morgan fingerprint density at radius 3 is 3.00 bits per heavy atom. The van der Waals surface area contributed by atoms with Crippen LogP contribution < -0.4 is 10.1 Å². The molecule has 1 atom stereocenters. The zero-order chi connectivity index (χ0) is 17.8. The third-order valence-electron chi connectivity index (χ3n) is 3.78. The number of fused-ring (bicyclic) bond motifs is 1. The predicted octanol–water partition coefficient (Wildman–Crippen LogP) is 2.09. The Morgan fingerprint density at radius 2 is 2.24 bits per heavy atom. The first kappa shape index (κ1) is 16.7. The lowest BCUT2D eigenvalue weighted by Gasteiger charge is -2.28. The van der Waals surface area contributed by atoms with Gasteiger partial charge in [0, 0.05) is 11.3 Å². The SMILES string of the molecule is C=CCOC(=O)C1=C(C)Nc2nnnn2[C@@H]1c1ccccc1OCC. The highest BCUT2D eigenvalue weighted by Gasteiger charge is 2.36. The highest BCUT2D eigenvalue weighted by atomic mass is 16.5. The van der Waals surface area contributed by atoms with Crippen LogP contribution in [0.1, 0.15) is 25.5 Å². The molecule has 1 aromatic heterocycles. The number of esters is 1. The van der Waals surface area contributed by atoms with Gasteiger partial charge in [-0.2, -0.15) is 4.68 Å². The van der Waals surface area contributed by atoms with Crippen molar-refractivity contribution in [2.45, 2.75) is 19.9 Å². The Kier molecular flexibility index (Phi) is 4.78. The van der Waals surface area contributed by atoms with Crippen molar-refractivity contribution in [3.63, 3.8) is 0 Å². The molecular formula is C17H19N5O3. The van der Waals surface area contributed by atoms with E-state index in [1.807, 2.05) is 31.2 Å². The zero-order valence-corrected chi connectivity index (χ0v) is 14.1. The Morgan fingerprint density at radius 1 is 1.44 bits per heavy atom. The lowest BCUT2D eigenvalue weighted by molar-refractivity contribution is -0.138. The highest BCUT2D eigenvalue weighted by molar-refractivity contribution is 5.92. The molecule has 0 radical (unpaired) electrons. The molecule has 0 fully saturated rings. The minimum absolute atomic E-state index is 0.123. The Labute approximate surface area is 145 Å². The summed E-state index contributed by atoms with van der Waals surface area (Å²) in [4.78, 5) is 12.7. The van der Waals surface area contributed by atoms with Gasteiger partial charge in [0.2, 0.25) is 5.95 Å². The van der Waals surface area contributed by atoms with E-state index in [1.165, 1.54) is 6.08 Å². The summed E-state index contributed by atoms with van der Waals surface area (Å²) in [6, 6.07) is 6.95. The largest absolute Gasteiger partial charge is 0.494 e. The standard InChI is InChI=1S/C17H19N5O3/c1-4-10-25-16(23)14-11(3)18-17-19-20-21-22(17)15(14)12-8-6-7-9-13(12)24-5-2/h4,6-9,15H,1,5,10H2,2-3H3,(H,18,19,21)/t15-/m1/s1. The van der Waals surface area contributed by atoms with Gasteiger partial charge >= 0.3 is 5.97 Å². The summed E-state index contributed by atoms with van der Waals surface area (Å²) in [5, 5.41) is 14.7. The molecule has 0 amide bonds. The highest BCUT2D eigenvalue weighted by Crippen LogP contribution is 2.38. The number of hydrogen-bond donors (Lipinski definition) is 1. The smallest absolute Gasteiger partial charge is 0.338 e. The van der Waals surface area contributed by atoms with E-state index in [0.717, 1.165) is 5.56 Å². The van der Waals surface area contributed by atoms with Gasteiger partial charge in [0.25, 0.3) is 0 Å². The number of para-hydroxylation sites is 1. The molecule has 2 heterocycles. The first-order chi connectivity index (χ1) is 12.2. The van der Waals surface area contributed by atoms with Gasteiger partial charge in [0.1, 0.15) is 18.4 Å². The fraction of sp³-hybridized carbons (Fsp3) is 0.294. The maximum atomic E-state index is 12.7. The number of benzene rings is 1. The zero-order valence-electron chi connectivity index (χ0n) is 14.1. The van der Waals surface area contributed by atoms with E-state index in [9.17, 15) is 4.79 Å². The number of aromatic nitrogens is 4. The summed E-state index contributed by atoms with van der Waals surface area (Å²) >= 11 is 0. The lowest BCUT2D eigenvalue weighted by Crippen LogP contribution is -2.30. The van der Waals surface area contributed by atoms with Crippen molar-refractivity contribution in [1.29, 1.82) is 0 Å². The minimum Gasteiger partial charge on any atom is -0.494 e. The number of anilines is 1. The number of carbonyl (C=O) groups excluding carboxylic acids is 1. The van der Waals surface area contributed by atoms with Gasteiger partial charge in [-0.15, -0.1) is 0 Å². The second kappa shape index (κ2) is 7.16. The van der Waals surface area contributed by atoms with Gasteiger partial charge in [-0.05, 0) is 30.3 Å². The van der Waals surface area contributed by atoms with E-state index in [-0.39, 0.29) is 6.61 Å². The Balaban J connectivity index is 2.13. The van der Waals surface area contributed by atoms with Crippen LogP contribution >= 0.6 is 0 Å². The quantitative estimate of drug-likeness (QED) is 0.635. The fourth-order valence-electron chi connectivity index (χ4n) is 2.77. The van der Waals surface area contributed by atoms with Crippen molar-refractivity contribution < 1.29 is 14.3 Å². The van der Waals surface area contributed by atoms with Gasteiger partial charge in [-0.3, -0.25) is 0 Å². The number of nitrogens with zero attached hydrogens (tertiary/aromatic N) is 4. The molecule has 8 nitrogen and oxygen atoms in total. The van der Waals surface area contributed by atoms with Crippen LogP contribution in [0.15, 0.2) is 48.2 Å². The number of tetrazole rings is 1. The van der Waals surface area contributed by atoms with Crippen molar-refractivity contribution in [1.82, 2.24) is 20.2 Å². The van der Waals surface area contributed by atoms with Crippen molar-refractivity contribution >= 4 is 11.9 Å². The molecule has 130 valence electrons. The maximum Gasteiger partial charge on any atom is 0.338 e. The Bertz CT molecular complexity index is 827. The summed E-state index contributed by atoms with van der Waals surface area (Å²) < 4.78 is 12.6. The fourth-order valence-corrected chi connectivity index (χ4v) is 2.77. The molecule has 0 spiro atoms. The van der Waals surface area contributed by atoms with Crippen LogP contribution in [0, 0.1) is 0 Å². The second-order valence-electron chi connectivity index (χ2n) is 5.37. The van der Waals surface area contributed by atoms with E-state index >= 15 is 0 Å². The molecule has 0 saturated carbocycles. The van der Waals surface area contributed by atoms with Crippen molar-refractivity contribution in [2.24, 2.45) is 0 Å². The number of hydrogen-bond acceptors (Lipinski definition) is 7. The summed E-state index contributed by atoms with van der Waals surface area (Å²) in [7, 11) is 0. The van der Waals surface area contributed by atoms with Gasteiger partial charge in [-0.25, -0.2) is 4.79 Å². The average molecular weight is 341 g/mol. The third-order valence-corrected chi connectivity index (χ3v) is 3.78. The molecule has 0 bridgehead atoms. The van der Waals surface area contributed by atoms with Crippen LogP contribution in [-0.4, -0.2) is 39.4 Å². The normalized spacial score (nSPS) is 16.0. The molecule has 8 heteroatoms. The van der Waals surface area contributed by atoms with Crippen LogP contribution in [0.5, 0.6) is 5.75 Å². The number of allylic oxidation sites excluding steroid dienone is 1. The molecule has 3 rings (SSSR count). The molecule has 25 heavy (non-hydrogen) atoms. The molecular weight excluding hydrogens is 322 g/mol. The van der Waals surface area contributed by atoms with Crippen LogP contribution in [-0.2, 0) is 9.53 Å². The number of nitrogens with one attached hydrogen (secondary N) is 1. The van der Waals surface area contributed by atoms with Crippen molar-refractivity contribution in [3.8, 4) is 5.75 Å². The van der Waals surface area contributed by atoms with Gasteiger partial charge < -0.3 is 14.8 Å². The summed E-state index contributed by atoms with van der Waals surface area (Å²) in [6.07, 6.45) is 1.52. The maximum absolute atomic E-state index is 12.7. The molecule has 1 aliphatic rings. The summed E-state index contributed by atoms with van der Waals surface area (Å²) in [6.45, 7) is 7.90. The second-order valence-corrected chi connectivity index (χ2v) is 5.37. The van der Waals surface area contributed by atoms with Crippen molar-refractivity contribution in [3.05, 3.63) is 53.8 Å². The molecule has 1 aromatic carbocycles. The summed E-state index contributed by atoms with van der Waals surface area (Å²) in [5.41, 5.74) is 1.84. The monoisotopic (exact) mass is 341 g/mol. The van der Waals surface area contributed by atoms with E-state index in [2.05, 4.69) is 27.4 Å². The first-order valence-corrected chi connectivity index (χ1v) is 7.92. The number of ether oxygens (including phenoxy) is 2. The van der Waals surface area contributed by atoms with Gasteiger partial charge in [-0.1, -0.05) is 36.0 Å². The molecule has 2 aromatic rings. The molecule has 0 aliphatic carbocycles. The predicted molar refractivity (Wildman–Crippen MR) is 91.0 cm³/mol. The topological polar surface area (TPSA) is 91.2 Å². The van der Waals surface area contributed by atoms with Crippen LogP contribution in [0.2, 0.25) is 0 Å². The summed E-state index contributed by atoms with van der Waals surface area (Å²) in [5.74, 6) is 0.664. The molecule has 0 unspecified atom stereocenters. The van der Waals surface area contributed by atoms with Crippen LogP contribution in [0.4, 0.5) is 5.95 Å². The first-order valence-electron chi connectivity index (χ1n) is 7.92. The van der Waals surface area contributed by atoms with E-state index in [0.29, 0.717) is 29.6 Å². The van der Waals surface area contributed by atoms with Crippen LogP contribution in [0.3, 0.4) is 0 Å². The van der Waals surface area contributed by atoms with E-state index in [1.54, 1.807) is 11.6 Å². The van der Waals surface area contributed by atoms with E-state index < -0.39 is 12.0 Å². The minimum atomic E-state index is -0.550. The van der Waals surface area contributed by atoms with Gasteiger partial charge in [0.05, 0.1) is 12.2 Å². The molecule has 0 saturated heterocycles. The lowest BCUT2D eigenvalue weighted by atomic mass is 9.95. The number of rotatable bonds is 6. The van der Waals surface area contributed by atoms with E-state index in [4.69, 9.17) is 9.47 Å². The van der Waals surface area contributed by atoms with Gasteiger partial charge in [0.15, 0.2) is 0 Å².